The largest absolute Gasteiger partial charge is 0.371 e. The molecule has 0 N–H and O–H groups in total. The van der Waals surface area contributed by atoms with Crippen molar-refractivity contribution in [1.82, 2.24) is 0 Å². The number of alkyl halides is 1. The quantitative estimate of drug-likeness (QED) is 0.727. The molecule has 0 heterocycles. The van der Waals surface area contributed by atoms with Crippen LogP contribution in [0.1, 0.15) is 12.5 Å². The Kier molecular flexibility index (Phi) is 5.34. The number of hydrogen-bond donors (Lipinski definition) is 0. The molecule has 0 bridgehead atoms. The smallest absolute Gasteiger partial charge is 0.0494 e. The molecule has 0 saturated heterocycles. The number of para-hydroxylation sites is 1. The highest BCUT2D eigenvalue weighted by molar-refractivity contribution is 7.98. The Morgan fingerprint density at radius 2 is 2.07 bits per heavy atom. The molecule has 0 aliphatic heterocycles. The standard InChI is InChI=1S/C12H18ClNS/c1-10(9-15-3)14(2)12-7-5-4-6-11(12)8-13/h4-7,10H,8-9H2,1-3H3. The lowest BCUT2D eigenvalue weighted by Crippen LogP contribution is -2.31. The summed E-state index contributed by atoms with van der Waals surface area (Å²) in [6.45, 7) is 2.24. The summed E-state index contributed by atoms with van der Waals surface area (Å²) in [5.41, 5.74) is 2.45. The zero-order valence-electron chi connectivity index (χ0n) is 9.53. The Morgan fingerprint density at radius 3 is 2.67 bits per heavy atom. The van der Waals surface area contributed by atoms with Gasteiger partial charge in [0.2, 0.25) is 0 Å². The monoisotopic (exact) mass is 243 g/mol. The van der Waals surface area contributed by atoms with Crippen molar-refractivity contribution in [1.29, 1.82) is 0 Å². The van der Waals surface area contributed by atoms with Crippen LogP contribution in [0.4, 0.5) is 5.69 Å². The van der Waals surface area contributed by atoms with Crippen molar-refractivity contribution < 1.29 is 0 Å². The molecular formula is C12H18ClNS. The van der Waals surface area contributed by atoms with E-state index in [-0.39, 0.29) is 0 Å². The van der Waals surface area contributed by atoms with E-state index in [1.54, 1.807) is 0 Å². The SMILES string of the molecule is CSCC(C)N(C)c1ccccc1CCl. The molecule has 1 aromatic rings. The molecule has 3 heteroatoms. The second-order valence-electron chi connectivity index (χ2n) is 3.68. The number of rotatable bonds is 5. The van der Waals surface area contributed by atoms with Crippen LogP contribution in [-0.2, 0) is 5.88 Å². The summed E-state index contributed by atoms with van der Waals surface area (Å²) in [5.74, 6) is 1.71. The van der Waals surface area contributed by atoms with Crippen molar-refractivity contribution in [2.75, 3.05) is 24.0 Å². The third kappa shape index (κ3) is 3.32. The number of nitrogens with zero attached hydrogens (tertiary/aromatic N) is 1. The second kappa shape index (κ2) is 6.29. The molecule has 1 rings (SSSR count). The number of halogens is 1. The van der Waals surface area contributed by atoms with Gasteiger partial charge in [0, 0.05) is 30.4 Å². The molecule has 84 valence electrons. The maximum Gasteiger partial charge on any atom is 0.0494 e. The number of thioether (sulfide) groups is 1. The summed E-state index contributed by atoms with van der Waals surface area (Å²) in [5, 5.41) is 0. The molecule has 1 unspecified atom stereocenters. The Hall–Kier alpha value is -0.340. The second-order valence-corrected chi connectivity index (χ2v) is 4.86. The van der Waals surface area contributed by atoms with E-state index in [9.17, 15) is 0 Å². The van der Waals surface area contributed by atoms with E-state index < -0.39 is 0 Å². The summed E-state index contributed by atoms with van der Waals surface area (Å²) in [7, 11) is 2.13. The predicted molar refractivity (Wildman–Crippen MR) is 72.2 cm³/mol. The van der Waals surface area contributed by atoms with E-state index in [2.05, 4.69) is 43.3 Å². The van der Waals surface area contributed by atoms with Gasteiger partial charge in [0.25, 0.3) is 0 Å². The first-order valence-electron chi connectivity index (χ1n) is 5.06. The first kappa shape index (κ1) is 12.7. The Bertz CT molecular complexity index is 303. The topological polar surface area (TPSA) is 3.24 Å². The van der Waals surface area contributed by atoms with E-state index in [1.165, 1.54) is 11.3 Å². The molecule has 1 nitrogen and oxygen atoms in total. The Balaban J connectivity index is 2.84. The first-order chi connectivity index (χ1) is 7.20. The van der Waals surface area contributed by atoms with Crippen LogP contribution < -0.4 is 4.90 Å². The van der Waals surface area contributed by atoms with Crippen LogP contribution in [0.2, 0.25) is 0 Å². The predicted octanol–water partition coefficient (Wildman–Crippen LogP) is 3.61. The molecule has 0 aromatic heterocycles. The van der Waals surface area contributed by atoms with Gasteiger partial charge in [-0.25, -0.2) is 0 Å². The van der Waals surface area contributed by atoms with Crippen LogP contribution in [0.25, 0.3) is 0 Å². The highest BCUT2D eigenvalue weighted by atomic mass is 35.5. The van der Waals surface area contributed by atoms with Gasteiger partial charge in [-0.3, -0.25) is 0 Å². The number of hydrogen-bond acceptors (Lipinski definition) is 2. The van der Waals surface area contributed by atoms with Crippen LogP contribution in [0, 0.1) is 0 Å². The normalized spacial score (nSPS) is 12.5. The minimum atomic E-state index is 0.532. The molecule has 0 fully saturated rings. The first-order valence-corrected chi connectivity index (χ1v) is 6.99. The lowest BCUT2D eigenvalue weighted by molar-refractivity contribution is 0.762. The highest BCUT2D eigenvalue weighted by Gasteiger charge is 2.11. The fourth-order valence-electron chi connectivity index (χ4n) is 1.56. The van der Waals surface area contributed by atoms with E-state index in [4.69, 9.17) is 11.6 Å². The average molecular weight is 244 g/mol. The van der Waals surface area contributed by atoms with Crippen molar-refractivity contribution in [3.8, 4) is 0 Å². The zero-order chi connectivity index (χ0) is 11.3. The van der Waals surface area contributed by atoms with Crippen LogP contribution in [0.3, 0.4) is 0 Å². The van der Waals surface area contributed by atoms with Gasteiger partial charge in [-0.2, -0.15) is 11.8 Å². The minimum absolute atomic E-state index is 0.532. The number of anilines is 1. The highest BCUT2D eigenvalue weighted by Crippen LogP contribution is 2.23. The van der Waals surface area contributed by atoms with Gasteiger partial charge >= 0.3 is 0 Å². The van der Waals surface area contributed by atoms with Gasteiger partial charge in [0.1, 0.15) is 0 Å². The molecule has 15 heavy (non-hydrogen) atoms. The van der Waals surface area contributed by atoms with Crippen molar-refractivity contribution >= 4 is 29.1 Å². The molecule has 0 amide bonds. The third-order valence-corrected chi connectivity index (χ3v) is 3.69. The van der Waals surface area contributed by atoms with Crippen LogP contribution in [0.5, 0.6) is 0 Å². The summed E-state index contributed by atoms with van der Waals surface area (Å²) in [4.78, 5) is 2.30. The third-order valence-electron chi connectivity index (χ3n) is 2.58. The summed E-state index contributed by atoms with van der Waals surface area (Å²) >= 11 is 7.80. The molecule has 0 saturated carbocycles. The van der Waals surface area contributed by atoms with Crippen LogP contribution >= 0.6 is 23.4 Å². The summed E-state index contributed by atoms with van der Waals surface area (Å²) < 4.78 is 0. The molecule has 1 aromatic carbocycles. The lowest BCUT2D eigenvalue weighted by atomic mass is 10.1. The van der Waals surface area contributed by atoms with Gasteiger partial charge < -0.3 is 4.90 Å². The maximum atomic E-state index is 5.93. The van der Waals surface area contributed by atoms with Gasteiger partial charge in [-0.05, 0) is 24.8 Å². The van der Waals surface area contributed by atoms with Crippen LogP contribution in [0.15, 0.2) is 24.3 Å². The van der Waals surface area contributed by atoms with Crippen LogP contribution in [-0.4, -0.2) is 25.1 Å². The maximum absolute atomic E-state index is 5.93. The Morgan fingerprint density at radius 1 is 1.40 bits per heavy atom. The van der Waals surface area contributed by atoms with Crippen molar-refractivity contribution in [2.45, 2.75) is 18.8 Å². The van der Waals surface area contributed by atoms with Gasteiger partial charge in [0.15, 0.2) is 0 Å². The number of benzene rings is 1. The van der Waals surface area contributed by atoms with Crippen molar-refractivity contribution in [2.24, 2.45) is 0 Å². The minimum Gasteiger partial charge on any atom is -0.371 e. The van der Waals surface area contributed by atoms with E-state index in [0.717, 1.165) is 5.75 Å². The molecule has 0 radical (unpaired) electrons. The van der Waals surface area contributed by atoms with Crippen molar-refractivity contribution in [3.05, 3.63) is 29.8 Å². The molecular weight excluding hydrogens is 226 g/mol. The fourth-order valence-corrected chi connectivity index (χ4v) is 2.49. The van der Waals surface area contributed by atoms with Crippen molar-refractivity contribution in [3.63, 3.8) is 0 Å². The zero-order valence-corrected chi connectivity index (χ0v) is 11.1. The van der Waals surface area contributed by atoms with E-state index in [1.807, 2.05) is 17.8 Å². The van der Waals surface area contributed by atoms with Gasteiger partial charge in [-0.1, -0.05) is 18.2 Å². The summed E-state index contributed by atoms with van der Waals surface area (Å²) in [6, 6.07) is 8.85. The molecule has 0 aliphatic carbocycles. The summed E-state index contributed by atoms with van der Waals surface area (Å²) in [6.07, 6.45) is 2.14. The molecule has 1 atom stereocenters. The van der Waals surface area contributed by atoms with Gasteiger partial charge in [-0.15, -0.1) is 11.6 Å². The van der Waals surface area contributed by atoms with Gasteiger partial charge in [0.05, 0.1) is 0 Å². The Labute approximate surface area is 102 Å². The van der Waals surface area contributed by atoms with E-state index >= 15 is 0 Å². The average Bonchev–Trinajstić information content (AvgIpc) is 2.28. The molecule has 0 spiro atoms. The van der Waals surface area contributed by atoms with E-state index in [0.29, 0.717) is 11.9 Å². The molecule has 0 aliphatic rings. The lowest BCUT2D eigenvalue weighted by Gasteiger charge is -2.28. The fraction of sp³-hybridized carbons (Fsp3) is 0.500.